The zero-order chi connectivity index (χ0) is 28.5. The zero-order valence-electron chi connectivity index (χ0n) is 24.0. The second kappa shape index (κ2) is 11.8. The van der Waals surface area contributed by atoms with Gasteiger partial charge in [-0.3, -0.25) is 9.69 Å². The second-order valence-corrected chi connectivity index (χ2v) is 12.0. The van der Waals surface area contributed by atoms with E-state index in [1.807, 2.05) is 24.0 Å². The molecule has 3 aliphatic rings. The number of carbonyl (C=O) groups is 1. The normalized spacial score (nSPS) is 21.8. The van der Waals surface area contributed by atoms with Gasteiger partial charge in [0.2, 0.25) is 5.91 Å². The summed E-state index contributed by atoms with van der Waals surface area (Å²) in [5, 5.41) is 18.5. The highest BCUT2D eigenvalue weighted by Crippen LogP contribution is 2.42. The number of nitrogens with one attached hydrogen (secondary N) is 2. The standard InChI is InChI=1S/C35H40FN3O2/c1-22-12-13-24-14-19-28(21-30(22)24)38-34(40)29-10-6-20-39(35(41)32-23(2)7-5-11-31(32)36)33(29)25-15-17-27(18-16-25)37-26-8-3-4-9-26/h5,7,11-12,14-19,21,26,29,33,35,37,41H,3-4,6,8-10,13,20H2,1-2H3,(H,38,40)/t29?,33-,35?/m0/s1. The van der Waals surface area contributed by atoms with Crippen molar-refractivity contribution in [1.82, 2.24) is 4.90 Å². The Morgan fingerprint density at radius 3 is 2.49 bits per heavy atom. The summed E-state index contributed by atoms with van der Waals surface area (Å²) in [6, 6.07) is 19.4. The van der Waals surface area contributed by atoms with Crippen LogP contribution in [0.15, 0.2) is 66.7 Å². The number of anilines is 2. The van der Waals surface area contributed by atoms with Gasteiger partial charge in [0.1, 0.15) is 12.0 Å². The van der Waals surface area contributed by atoms with E-state index >= 15 is 4.39 Å². The Labute approximate surface area is 242 Å². The number of halogens is 1. The molecule has 5 nitrogen and oxygen atoms in total. The van der Waals surface area contributed by atoms with Crippen molar-refractivity contribution in [2.45, 2.75) is 77.1 Å². The Kier molecular flexibility index (Phi) is 7.96. The number of allylic oxidation sites excluding steroid dienone is 2. The molecule has 214 valence electrons. The van der Waals surface area contributed by atoms with Crippen molar-refractivity contribution in [3.8, 4) is 0 Å². The maximum Gasteiger partial charge on any atom is 0.229 e. The fraction of sp³-hybridized carbons (Fsp3) is 0.400. The SMILES string of the molecule is CC1=CCc2ccc(NC(=O)C3CCCN(C(O)c4c(C)cccc4F)[C@H]3c3ccc(NC4CCCC4)cc3)cc21. The molecular weight excluding hydrogens is 513 g/mol. The van der Waals surface area contributed by atoms with Crippen LogP contribution in [0.1, 0.15) is 85.5 Å². The molecule has 41 heavy (non-hydrogen) atoms. The van der Waals surface area contributed by atoms with E-state index in [1.165, 1.54) is 48.4 Å². The minimum atomic E-state index is -1.17. The van der Waals surface area contributed by atoms with E-state index in [2.05, 4.69) is 60.0 Å². The minimum absolute atomic E-state index is 0.0788. The number of aliphatic hydroxyl groups excluding tert-OH is 1. The molecule has 0 bridgehead atoms. The lowest BCUT2D eigenvalue weighted by Crippen LogP contribution is -2.45. The molecule has 3 atom stereocenters. The van der Waals surface area contributed by atoms with Gasteiger partial charge in [0.05, 0.1) is 5.92 Å². The summed E-state index contributed by atoms with van der Waals surface area (Å²) in [7, 11) is 0. The highest BCUT2D eigenvalue weighted by Gasteiger charge is 2.41. The van der Waals surface area contributed by atoms with Crippen LogP contribution in [0.5, 0.6) is 0 Å². The molecule has 0 aromatic heterocycles. The third kappa shape index (κ3) is 5.68. The number of fused-ring (bicyclic) bond motifs is 1. The number of likely N-dealkylation sites (tertiary alicyclic amines) is 1. The molecule has 3 N–H and O–H groups in total. The van der Waals surface area contributed by atoms with Crippen LogP contribution in [-0.2, 0) is 11.2 Å². The van der Waals surface area contributed by atoms with Gasteiger partial charge in [-0.1, -0.05) is 49.2 Å². The first-order chi connectivity index (χ1) is 19.9. The number of aliphatic hydroxyl groups is 1. The summed E-state index contributed by atoms with van der Waals surface area (Å²) < 4.78 is 15.0. The van der Waals surface area contributed by atoms with Crippen LogP contribution >= 0.6 is 0 Å². The molecule has 1 aliphatic heterocycles. The number of hydrogen-bond donors (Lipinski definition) is 3. The van der Waals surface area contributed by atoms with Crippen molar-refractivity contribution >= 4 is 22.9 Å². The average molecular weight is 554 g/mol. The Hall–Kier alpha value is -3.48. The third-order valence-corrected chi connectivity index (χ3v) is 9.26. The summed E-state index contributed by atoms with van der Waals surface area (Å²) in [6.45, 7) is 4.48. The molecule has 1 heterocycles. The number of rotatable bonds is 7. The van der Waals surface area contributed by atoms with Crippen LogP contribution < -0.4 is 10.6 Å². The minimum Gasteiger partial charge on any atom is -0.382 e. The summed E-state index contributed by atoms with van der Waals surface area (Å²) in [4.78, 5) is 15.9. The Morgan fingerprint density at radius 1 is 0.976 bits per heavy atom. The number of nitrogens with zero attached hydrogens (tertiary/aromatic N) is 1. The molecule has 1 saturated carbocycles. The van der Waals surface area contributed by atoms with Gasteiger partial charge in [-0.15, -0.1) is 0 Å². The predicted molar refractivity (Wildman–Crippen MR) is 163 cm³/mol. The molecule has 6 rings (SSSR count). The maximum absolute atomic E-state index is 15.0. The smallest absolute Gasteiger partial charge is 0.229 e. The average Bonchev–Trinajstić information content (AvgIpc) is 3.62. The van der Waals surface area contributed by atoms with E-state index in [1.54, 1.807) is 6.07 Å². The molecule has 0 spiro atoms. The van der Waals surface area contributed by atoms with Crippen molar-refractivity contribution in [3.63, 3.8) is 0 Å². The Balaban J connectivity index is 1.31. The van der Waals surface area contributed by atoms with Crippen LogP contribution in [0.2, 0.25) is 0 Å². The predicted octanol–water partition coefficient (Wildman–Crippen LogP) is 7.53. The molecule has 1 amide bonds. The number of aryl methyl sites for hydroxylation is 1. The van der Waals surface area contributed by atoms with Crippen molar-refractivity contribution in [2.24, 2.45) is 5.92 Å². The topological polar surface area (TPSA) is 64.6 Å². The first kappa shape index (κ1) is 27.7. The lowest BCUT2D eigenvalue weighted by molar-refractivity contribution is -0.128. The van der Waals surface area contributed by atoms with Crippen molar-refractivity contribution in [3.05, 3.63) is 100 Å². The van der Waals surface area contributed by atoms with Crippen molar-refractivity contribution in [2.75, 3.05) is 17.2 Å². The number of piperidine rings is 1. The lowest BCUT2D eigenvalue weighted by Gasteiger charge is -2.43. The molecular formula is C35H40FN3O2. The van der Waals surface area contributed by atoms with Crippen molar-refractivity contribution < 1.29 is 14.3 Å². The van der Waals surface area contributed by atoms with Gasteiger partial charge in [-0.25, -0.2) is 4.39 Å². The summed E-state index contributed by atoms with van der Waals surface area (Å²) in [6.07, 6.45) is 8.28. The monoisotopic (exact) mass is 553 g/mol. The van der Waals surface area contributed by atoms with Crippen LogP contribution in [-0.4, -0.2) is 28.5 Å². The van der Waals surface area contributed by atoms with Gasteiger partial charge in [0, 0.05) is 35.6 Å². The number of amides is 1. The molecule has 1 saturated heterocycles. The van der Waals surface area contributed by atoms with E-state index in [9.17, 15) is 9.90 Å². The van der Waals surface area contributed by atoms with E-state index in [4.69, 9.17) is 0 Å². The van der Waals surface area contributed by atoms with Crippen LogP contribution in [0, 0.1) is 18.7 Å². The summed E-state index contributed by atoms with van der Waals surface area (Å²) in [5.41, 5.74) is 7.45. The van der Waals surface area contributed by atoms with E-state index < -0.39 is 24.0 Å². The number of carbonyl (C=O) groups excluding carboxylic acids is 1. The molecule has 3 aromatic rings. The van der Waals surface area contributed by atoms with Crippen LogP contribution in [0.25, 0.3) is 5.57 Å². The third-order valence-electron chi connectivity index (χ3n) is 9.26. The maximum atomic E-state index is 15.0. The summed E-state index contributed by atoms with van der Waals surface area (Å²) >= 11 is 0. The van der Waals surface area contributed by atoms with Gasteiger partial charge in [-0.05, 0) is 104 Å². The largest absolute Gasteiger partial charge is 0.382 e. The van der Waals surface area contributed by atoms with Gasteiger partial charge >= 0.3 is 0 Å². The van der Waals surface area contributed by atoms with E-state index in [0.717, 1.165) is 29.8 Å². The fourth-order valence-electron chi connectivity index (χ4n) is 7.02. The highest BCUT2D eigenvalue weighted by atomic mass is 19.1. The molecule has 2 aliphatic carbocycles. The van der Waals surface area contributed by atoms with Crippen molar-refractivity contribution in [1.29, 1.82) is 0 Å². The summed E-state index contributed by atoms with van der Waals surface area (Å²) in [5.74, 6) is -0.922. The molecule has 2 unspecified atom stereocenters. The van der Waals surface area contributed by atoms with E-state index in [-0.39, 0.29) is 11.5 Å². The first-order valence-corrected chi connectivity index (χ1v) is 15.1. The Bertz CT molecular complexity index is 1420. The molecule has 3 aromatic carbocycles. The highest BCUT2D eigenvalue weighted by molar-refractivity contribution is 5.94. The van der Waals surface area contributed by atoms with Gasteiger partial charge < -0.3 is 15.7 Å². The first-order valence-electron chi connectivity index (χ1n) is 15.1. The van der Waals surface area contributed by atoms with Crippen LogP contribution in [0.4, 0.5) is 15.8 Å². The molecule has 2 fully saturated rings. The molecule has 0 radical (unpaired) electrons. The zero-order valence-corrected chi connectivity index (χ0v) is 24.0. The van der Waals surface area contributed by atoms with Crippen LogP contribution in [0.3, 0.4) is 0 Å². The van der Waals surface area contributed by atoms with Gasteiger partial charge in [-0.2, -0.15) is 0 Å². The van der Waals surface area contributed by atoms with E-state index in [0.29, 0.717) is 24.6 Å². The number of benzene rings is 3. The Morgan fingerprint density at radius 2 is 1.73 bits per heavy atom. The quantitative estimate of drug-likeness (QED) is 0.283. The number of hydrogen-bond acceptors (Lipinski definition) is 4. The second-order valence-electron chi connectivity index (χ2n) is 12.0. The lowest BCUT2D eigenvalue weighted by atomic mass is 9.83. The molecule has 6 heteroatoms. The van der Waals surface area contributed by atoms with Gasteiger partial charge in [0.25, 0.3) is 0 Å². The fourth-order valence-corrected chi connectivity index (χ4v) is 7.02. The van der Waals surface area contributed by atoms with Gasteiger partial charge in [0.15, 0.2) is 0 Å².